The Balaban J connectivity index is 1.25. The third-order valence-corrected chi connectivity index (χ3v) is 9.79. The van der Waals surface area contributed by atoms with Crippen molar-refractivity contribution in [2.24, 2.45) is 7.05 Å². The molecule has 9 nitrogen and oxygen atoms in total. The maximum absolute atomic E-state index is 13.1. The Labute approximate surface area is 206 Å². The number of hydrogen-bond donors (Lipinski definition) is 0. The van der Waals surface area contributed by atoms with Crippen LogP contribution in [0.1, 0.15) is 85.9 Å². The number of piperidine rings is 2. The first-order valence-electron chi connectivity index (χ1n) is 12.9. The predicted molar refractivity (Wildman–Crippen MR) is 132 cm³/mol. The molecule has 3 heterocycles. The fraction of sp³-hybridized carbons (Fsp3) is 0.640. The van der Waals surface area contributed by atoms with Crippen molar-refractivity contribution in [3.05, 3.63) is 46.1 Å². The SMILES string of the molecule is Cn1nc(C2CCN(C(=O)c3ccc(S(=O)(=O)N4CCCCC4)cc3)CC2)n(C2CCCC2)c1=O. The topological polar surface area (TPSA) is 97.5 Å². The number of aromatic nitrogens is 3. The minimum Gasteiger partial charge on any atom is -0.339 e. The minimum absolute atomic E-state index is 0.0370. The summed E-state index contributed by atoms with van der Waals surface area (Å²) in [5.41, 5.74) is 0.465. The van der Waals surface area contributed by atoms with E-state index in [0.29, 0.717) is 31.7 Å². The predicted octanol–water partition coefficient (Wildman–Crippen LogP) is 2.89. The van der Waals surface area contributed by atoms with Crippen molar-refractivity contribution in [3.8, 4) is 0 Å². The van der Waals surface area contributed by atoms with E-state index in [2.05, 4.69) is 5.10 Å². The van der Waals surface area contributed by atoms with Crippen LogP contribution in [0.3, 0.4) is 0 Å². The number of carbonyl (C=O) groups is 1. The number of carbonyl (C=O) groups excluding carboxylic acids is 1. The number of likely N-dealkylation sites (tertiary alicyclic amines) is 1. The average Bonchev–Trinajstić information content (AvgIpc) is 3.52. The third kappa shape index (κ3) is 4.70. The molecule has 10 heteroatoms. The number of hydrogen-bond acceptors (Lipinski definition) is 5. The van der Waals surface area contributed by atoms with Crippen molar-refractivity contribution in [1.29, 1.82) is 0 Å². The molecule has 1 aromatic carbocycles. The quantitative estimate of drug-likeness (QED) is 0.628. The zero-order chi connectivity index (χ0) is 24.6. The van der Waals surface area contributed by atoms with Gasteiger partial charge in [0.05, 0.1) is 4.90 Å². The molecule has 2 aromatic rings. The lowest BCUT2D eigenvalue weighted by Gasteiger charge is -2.32. The maximum Gasteiger partial charge on any atom is 0.345 e. The second kappa shape index (κ2) is 9.89. The molecule has 190 valence electrons. The van der Waals surface area contributed by atoms with Crippen LogP contribution in [0.15, 0.2) is 34.0 Å². The second-order valence-corrected chi connectivity index (χ2v) is 12.1. The molecule has 35 heavy (non-hydrogen) atoms. The summed E-state index contributed by atoms with van der Waals surface area (Å²) >= 11 is 0. The van der Waals surface area contributed by atoms with Gasteiger partial charge in [0, 0.05) is 50.7 Å². The molecule has 0 bridgehead atoms. The molecule has 1 saturated carbocycles. The van der Waals surface area contributed by atoms with Crippen molar-refractivity contribution < 1.29 is 13.2 Å². The van der Waals surface area contributed by atoms with Crippen LogP contribution in [-0.2, 0) is 17.1 Å². The van der Waals surface area contributed by atoms with Gasteiger partial charge in [-0.15, -0.1) is 0 Å². The van der Waals surface area contributed by atoms with E-state index >= 15 is 0 Å². The second-order valence-electron chi connectivity index (χ2n) is 10.1. The Hall–Kier alpha value is -2.46. The van der Waals surface area contributed by atoms with Crippen LogP contribution in [0.5, 0.6) is 0 Å². The maximum atomic E-state index is 13.1. The summed E-state index contributed by atoms with van der Waals surface area (Å²) in [4.78, 5) is 27.9. The van der Waals surface area contributed by atoms with Gasteiger partial charge in [0.15, 0.2) is 0 Å². The van der Waals surface area contributed by atoms with E-state index in [1.54, 1.807) is 35.6 Å². The number of rotatable bonds is 5. The van der Waals surface area contributed by atoms with Crippen molar-refractivity contribution in [1.82, 2.24) is 23.6 Å². The summed E-state index contributed by atoms with van der Waals surface area (Å²) in [5, 5.41) is 4.58. The first kappa shape index (κ1) is 24.2. The Bertz CT molecular complexity index is 1210. The third-order valence-electron chi connectivity index (χ3n) is 7.87. The number of amides is 1. The van der Waals surface area contributed by atoms with Gasteiger partial charge in [0.1, 0.15) is 5.82 Å². The van der Waals surface area contributed by atoms with E-state index in [1.807, 2.05) is 9.47 Å². The molecular formula is C25H35N5O4S. The summed E-state index contributed by atoms with van der Waals surface area (Å²) in [6, 6.07) is 6.60. The highest BCUT2D eigenvalue weighted by atomic mass is 32.2. The lowest BCUT2D eigenvalue weighted by atomic mass is 9.95. The van der Waals surface area contributed by atoms with Crippen LogP contribution in [0.4, 0.5) is 0 Å². The Morgan fingerprint density at radius 3 is 2.14 bits per heavy atom. The largest absolute Gasteiger partial charge is 0.345 e. The molecular weight excluding hydrogens is 466 g/mol. The molecule has 0 spiro atoms. The first-order valence-corrected chi connectivity index (χ1v) is 14.3. The lowest BCUT2D eigenvalue weighted by Crippen LogP contribution is -2.39. The van der Waals surface area contributed by atoms with E-state index in [1.165, 1.54) is 4.68 Å². The fourth-order valence-electron chi connectivity index (χ4n) is 5.83. The van der Waals surface area contributed by atoms with Crippen molar-refractivity contribution in [3.63, 3.8) is 0 Å². The van der Waals surface area contributed by atoms with E-state index in [0.717, 1.165) is 63.6 Å². The van der Waals surface area contributed by atoms with Crippen LogP contribution >= 0.6 is 0 Å². The van der Waals surface area contributed by atoms with Gasteiger partial charge in [0.25, 0.3) is 5.91 Å². The lowest BCUT2D eigenvalue weighted by molar-refractivity contribution is 0.0709. The Morgan fingerprint density at radius 1 is 0.886 bits per heavy atom. The fourth-order valence-corrected chi connectivity index (χ4v) is 7.35. The molecule has 0 N–H and O–H groups in total. The zero-order valence-electron chi connectivity index (χ0n) is 20.4. The van der Waals surface area contributed by atoms with Gasteiger partial charge >= 0.3 is 5.69 Å². The van der Waals surface area contributed by atoms with Crippen LogP contribution < -0.4 is 5.69 Å². The summed E-state index contributed by atoms with van der Waals surface area (Å²) in [6.07, 6.45) is 8.72. The van der Waals surface area contributed by atoms with Crippen molar-refractivity contribution in [2.45, 2.75) is 74.6 Å². The molecule has 2 saturated heterocycles. The molecule has 3 aliphatic rings. The number of aryl methyl sites for hydroxylation is 1. The normalized spacial score (nSPS) is 21.0. The number of sulfonamides is 1. The summed E-state index contributed by atoms with van der Waals surface area (Å²) < 4.78 is 30.7. The van der Waals surface area contributed by atoms with Gasteiger partial charge in [-0.3, -0.25) is 9.36 Å². The Morgan fingerprint density at radius 2 is 1.51 bits per heavy atom. The monoisotopic (exact) mass is 501 g/mol. The summed E-state index contributed by atoms with van der Waals surface area (Å²) in [5.74, 6) is 0.939. The number of nitrogens with zero attached hydrogens (tertiary/aromatic N) is 5. The van der Waals surface area contributed by atoms with Crippen molar-refractivity contribution in [2.75, 3.05) is 26.2 Å². The molecule has 1 amide bonds. The Kier molecular flexibility index (Phi) is 6.85. The number of benzene rings is 1. The van der Waals surface area contributed by atoms with Gasteiger partial charge in [-0.05, 0) is 62.8 Å². The van der Waals surface area contributed by atoms with Crippen molar-refractivity contribution >= 4 is 15.9 Å². The standard InChI is InChI=1S/C25H35N5O4S/c1-27-25(32)30(21-7-3-4-8-21)23(26-27)19-13-17-28(18-14-19)24(31)20-9-11-22(12-10-20)35(33,34)29-15-5-2-6-16-29/h9-12,19,21H,2-8,13-18H2,1H3. The van der Waals surface area contributed by atoms with Crippen LogP contribution in [0.2, 0.25) is 0 Å². The van der Waals surface area contributed by atoms with E-state index in [-0.39, 0.29) is 28.5 Å². The summed E-state index contributed by atoms with van der Waals surface area (Å²) in [7, 11) is -1.80. The van der Waals surface area contributed by atoms with E-state index in [4.69, 9.17) is 0 Å². The van der Waals surface area contributed by atoms with Gasteiger partial charge in [-0.1, -0.05) is 19.3 Å². The van der Waals surface area contributed by atoms with Gasteiger partial charge < -0.3 is 4.90 Å². The average molecular weight is 502 g/mol. The summed E-state index contributed by atoms with van der Waals surface area (Å²) in [6.45, 7) is 2.30. The molecule has 0 radical (unpaired) electrons. The zero-order valence-corrected chi connectivity index (χ0v) is 21.3. The van der Waals surface area contributed by atoms with E-state index < -0.39 is 10.0 Å². The molecule has 0 atom stereocenters. The van der Waals surface area contributed by atoms with Gasteiger partial charge in [0.2, 0.25) is 10.0 Å². The van der Waals surface area contributed by atoms with Crippen LogP contribution in [0.25, 0.3) is 0 Å². The molecule has 3 fully saturated rings. The van der Waals surface area contributed by atoms with E-state index in [9.17, 15) is 18.0 Å². The smallest absolute Gasteiger partial charge is 0.339 e. The highest BCUT2D eigenvalue weighted by Crippen LogP contribution is 2.34. The highest BCUT2D eigenvalue weighted by molar-refractivity contribution is 7.89. The molecule has 2 aliphatic heterocycles. The van der Waals surface area contributed by atoms with Gasteiger partial charge in [-0.2, -0.15) is 9.40 Å². The first-order chi connectivity index (χ1) is 16.9. The molecule has 1 aliphatic carbocycles. The van der Waals surface area contributed by atoms with Crippen LogP contribution in [-0.4, -0.2) is 64.1 Å². The van der Waals surface area contributed by atoms with Gasteiger partial charge in [-0.25, -0.2) is 17.9 Å². The van der Waals surface area contributed by atoms with Crippen LogP contribution in [0, 0.1) is 0 Å². The molecule has 0 unspecified atom stereocenters. The molecule has 5 rings (SSSR count). The highest BCUT2D eigenvalue weighted by Gasteiger charge is 2.32. The molecule has 1 aromatic heterocycles. The minimum atomic E-state index is -3.51.